The van der Waals surface area contributed by atoms with E-state index >= 15 is 0 Å². The van der Waals surface area contributed by atoms with Crippen LogP contribution in [0, 0.1) is 11.6 Å². The number of fused-ring (bicyclic) bond motifs is 1. The summed E-state index contributed by atoms with van der Waals surface area (Å²) < 4.78 is 28.3. The molecule has 0 unspecified atom stereocenters. The largest absolute Gasteiger partial charge is 0.351 e. The van der Waals surface area contributed by atoms with Crippen LogP contribution in [-0.4, -0.2) is 27.0 Å². The molecule has 0 radical (unpaired) electrons. The summed E-state index contributed by atoms with van der Waals surface area (Å²) in [5.41, 5.74) is 1.57. The molecule has 0 bridgehead atoms. The average Bonchev–Trinajstić information content (AvgIpc) is 2.88. The van der Waals surface area contributed by atoms with Gasteiger partial charge in [-0.15, -0.1) is 0 Å². The summed E-state index contributed by atoms with van der Waals surface area (Å²) in [5, 5.41) is 2.58. The molecule has 7 heteroatoms. The van der Waals surface area contributed by atoms with Gasteiger partial charge < -0.3 is 9.88 Å². The molecule has 2 aromatic heterocycles. The second-order valence-electron chi connectivity index (χ2n) is 5.42. The highest BCUT2D eigenvalue weighted by Crippen LogP contribution is 2.15. The van der Waals surface area contributed by atoms with Gasteiger partial charge >= 0.3 is 0 Å². The van der Waals surface area contributed by atoms with Crippen LogP contribution in [0.15, 0.2) is 36.5 Å². The van der Waals surface area contributed by atoms with E-state index in [9.17, 15) is 13.6 Å². The molecule has 0 aliphatic heterocycles. The molecule has 0 atom stereocenters. The Labute approximate surface area is 137 Å². The lowest BCUT2D eigenvalue weighted by Crippen LogP contribution is -2.27. The Hall–Kier alpha value is -2.83. The van der Waals surface area contributed by atoms with Crippen LogP contribution in [0.1, 0.15) is 22.7 Å². The van der Waals surface area contributed by atoms with E-state index in [2.05, 4.69) is 15.3 Å². The molecule has 124 valence electrons. The zero-order valence-electron chi connectivity index (χ0n) is 13.1. The third-order valence-corrected chi connectivity index (χ3v) is 3.77. The Morgan fingerprint density at radius 1 is 1.29 bits per heavy atom. The predicted octanol–water partition coefficient (Wildman–Crippen LogP) is 2.61. The van der Waals surface area contributed by atoms with Gasteiger partial charge in [0.15, 0.2) is 11.5 Å². The molecule has 24 heavy (non-hydrogen) atoms. The van der Waals surface area contributed by atoms with Gasteiger partial charge in [0.05, 0.1) is 17.2 Å². The molecule has 1 amide bonds. The topological polar surface area (TPSA) is 59.8 Å². The predicted molar refractivity (Wildman–Crippen MR) is 85.5 cm³/mol. The molecule has 3 rings (SSSR count). The van der Waals surface area contributed by atoms with Crippen LogP contribution < -0.4 is 5.32 Å². The van der Waals surface area contributed by atoms with Crippen LogP contribution in [-0.2, 0) is 13.5 Å². The van der Waals surface area contributed by atoms with E-state index in [1.807, 2.05) is 35.9 Å². The van der Waals surface area contributed by atoms with Gasteiger partial charge in [0.1, 0.15) is 11.6 Å². The molecule has 0 saturated carbocycles. The molecule has 0 fully saturated rings. The van der Waals surface area contributed by atoms with Gasteiger partial charge in [-0.05, 0) is 18.6 Å². The number of amides is 1. The highest BCUT2D eigenvalue weighted by molar-refractivity contribution is 5.92. The van der Waals surface area contributed by atoms with Crippen LogP contribution in [0.2, 0.25) is 0 Å². The molecule has 0 aliphatic rings. The minimum atomic E-state index is -0.970. The number of nitrogens with one attached hydrogen (secondary N) is 1. The van der Waals surface area contributed by atoms with Crippen LogP contribution in [0.3, 0.4) is 0 Å². The number of rotatable bonds is 5. The first-order valence-electron chi connectivity index (χ1n) is 7.56. The van der Waals surface area contributed by atoms with E-state index in [1.54, 1.807) is 0 Å². The summed E-state index contributed by atoms with van der Waals surface area (Å²) in [6.07, 6.45) is 2.13. The normalized spacial score (nSPS) is 11.0. The third-order valence-electron chi connectivity index (χ3n) is 3.77. The number of nitrogens with zero attached hydrogens (tertiary/aromatic N) is 3. The van der Waals surface area contributed by atoms with Crippen molar-refractivity contribution < 1.29 is 13.6 Å². The Kier molecular flexibility index (Phi) is 4.50. The van der Waals surface area contributed by atoms with E-state index in [4.69, 9.17) is 0 Å². The molecule has 1 N–H and O–H groups in total. The lowest BCUT2D eigenvalue weighted by atomic mass is 10.2. The molecule has 0 saturated heterocycles. The van der Waals surface area contributed by atoms with Crippen molar-refractivity contribution in [2.45, 2.75) is 12.8 Å². The summed E-state index contributed by atoms with van der Waals surface area (Å²) in [4.78, 5) is 19.9. The number of carbonyl (C=O) groups excluding carboxylic acids is 1. The second-order valence-corrected chi connectivity index (χ2v) is 5.42. The smallest absolute Gasteiger partial charge is 0.272 e. The minimum absolute atomic E-state index is 0.348. The van der Waals surface area contributed by atoms with Crippen LogP contribution >= 0.6 is 0 Å². The van der Waals surface area contributed by atoms with Gasteiger partial charge in [0, 0.05) is 26.1 Å². The molecule has 3 aromatic rings. The molecule has 2 heterocycles. The molecule has 1 aromatic carbocycles. The lowest BCUT2D eigenvalue weighted by Gasteiger charge is -2.06. The molecule has 0 spiro atoms. The number of pyridine rings is 1. The Bertz CT molecular complexity index is 891. The highest BCUT2D eigenvalue weighted by atomic mass is 19.1. The van der Waals surface area contributed by atoms with Crippen molar-refractivity contribution in [3.63, 3.8) is 0 Å². The van der Waals surface area contributed by atoms with Crippen molar-refractivity contribution in [1.82, 2.24) is 19.9 Å². The maximum Gasteiger partial charge on any atom is 0.272 e. The van der Waals surface area contributed by atoms with E-state index < -0.39 is 23.2 Å². The number of hydrogen-bond donors (Lipinski definition) is 1. The van der Waals surface area contributed by atoms with Gasteiger partial charge in [-0.25, -0.2) is 18.7 Å². The minimum Gasteiger partial charge on any atom is -0.351 e. The molecule has 5 nitrogen and oxygen atoms in total. The van der Waals surface area contributed by atoms with Crippen molar-refractivity contribution in [3.8, 4) is 0 Å². The zero-order valence-corrected chi connectivity index (χ0v) is 13.1. The number of hydrogen-bond acceptors (Lipinski definition) is 3. The number of halogens is 2. The van der Waals surface area contributed by atoms with Gasteiger partial charge in [-0.2, -0.15) is 0 Å². The third kappa shape index (κ3) is 3.24. The summed E-state index contributed by atoms with van der Waals surface area (Å²) >= 11 is 0. The monoisotopic (exact) mass is 330 g/mol. The van der Waals surface area contributed by atoms with E-state index in [0.29, 0.717) is 25.5 Å². The van der Waals surface area contributed by atoms with Crippen LogP contribution in [0.25, 0.3) is 11.0 Å². The Balaban J connectivity index is 1.56. The number of benzene rings is 1. The molecular formula is C17H16F2N4O. The quantitative estimate of drug-likeness (QED) is 0.732. The number of carbonyl (C=O) groups is 1. The fraction of sp³-hybridized carbons (Fsp3) is 0.235. The SMILES string of the molecule is Cn1c(CCCNC(=O)c2ncc(F)cc2F)nc2ccccc21. The summed E-state index contributed by atoms with van der Waals surface area (Å²) in [6, 6.07) is 8.48. The fourth-order valence-corrected chi connectivity index (χ4v) is 2.53. The van der Waals surface area contributed by atoms with Crippen molar-refractivity contribution >= 4 is 16.9 Å². The summed E-state index contributed by atoms with van der Waals surface area (Å²) in [7, 11) is 1.95. The van der Waals surface area contributed by atoms with Gasteiger partial charge in [0.25, 0.3) is 5.91 Å². The Morgan fingerprint density at radius 3 is 2.83 bits per heavy atom. The van der Waals surface area contributed by atoms with Gasteiger partial charge in [0.2, 0.25) is 0 Å². The first kappa shape index (κ1) is 16.0. The summed E-state index contributed by atoms with van der Waals surface area (Å²) in [6.45, 7) is 0.348. The van der Waals surface area contributed by atoms with Crippen molar-refractivity contribution in [3.05, 3.63) is 59.7 Å². The van der Waals surface area contributed by atoms with Crippen molar-refractivity contribution in [2.24, 2.45) is 7.05 Å². The fourth-order valence-electron chi connectivity index (χ4n) is 2.53. The number of imidazole rings is 1. The van der Waals surface area contributed by atoms with Crippen LogP contribution in [0.5, 0.6) is 0 Å². The molecule has 0 aliphatic carbocycles. The maximum absolute atomic E-state index is 13.5. The first-order chi connectivity index (χ1) is 11.6. The van der Waals surface area contributed by atoms with E-state index in [-0.39, 0.29) is 0 Å². The zero-order chi connectivity index (χ0) is 17.1. The Morgan fingerprint density at radius 2 is 2.08 bits per heavy atom. The van der Waals surface area contributed by atoms with E-state index in [1.165, 1.54) is 0 Å². The molecular weight excluding hydrogens is 314 g/mol. The standard InChI is InChI=1S/C17H16F2N4O/c1-23-14-6-3-2-5-13(14)22-15(23)7-4-8-20-17(24)16-12(19)9-11(18)10-21-16/h2-3,5-6,9-10H,4,7-8H2,1H3,(H,20,24). The van der Waals surface area contributed by atoms with Gasteiger partial charge in [-0.1, -0.05) is 12.1 Å². The first-order valence-corrected chi connectivity index (χ1v) is 7.56. The summed E-state index contributed by atoms with van der Waals surface area (Å²) in [5.74, 6) is -1.53. The van der Waals surface area contributed by atoms with Crippen LogP contribution in [0.4, 0.5) is 8.78 Å². The van der Waals surface area contributed by atoms with E-state index in [0.717, 1.165) is 23.1 Å². The van der Waals surface area contributed by atoms with Gasteiger partial charge in [-0.3, -0.25) is 4.79 Å². The van der Waals surface area contributed by atoms with Crippen molar-refractivity contribution in [2.75, 3.05) is 6.54 Å². The lowest BCUT2D eigenvalue weighted by molar-refractivity contribution is 0.0943. The maximum atomic E-state index is 13.5. The number of aryl methyl sites for hydroxylation is 2. The number of para-hydroxylation sites is 2. The second kappa shape index (κ2) is 6.74. The highest BCUT2D eigenvalue weighted by Gasteiger charge is 2.14. The van der Waals surface area contributed by atoms with Crippen molar-refractivity contribution in [1.29, 1.82) is 0 Å². The average molecular weight is 330 g/mol. The number of aromatic nitrogens is 3.